The molecule has 3 aliphatic rings. The van der Waals surface area contributed by atoms with Crippen LogP contribution in [0, 0.1) is 31.6 Å². The molecule has 9 heteroatoms. The van der Waals surface area contributed by atoms with E-state index in [0.717, 1.165) is 23.2 Å². The second-order valence-corrected chi connectivity index (χ2v) is 13.3. The zero-order chi connectivity index (χ0) is 30.9. The normalized spacial score (nSPS) is 29.3. The van der Waals surface area contributed by atoms with Crippen molar-refractivity contribution in [3.8, 4) is 0 Å². The van der Waals surface area contributed by atoms with E-state index in [4.69, 9.17) is 4.74 Å². The summed E-state index contributed by atoms with van der Waals surface area (Å²) in [5.41, 5.74) is 1.45. The summed E-state index contributed by atoms with van der Waals surface area (Å²) in [5.74, 6) is -2.38. The summed E-state index contributed by atoms with van der Waals surface area (Å²) in [6, 6.07) is 4.33. The SMILES string of the molecule is C=CCN(CCC)C(=O)[C@H]1[C@H]2C(=O)N([C@@H](CO)[C@@H](C)CC)C(C(=O)N(CC=C)c3cc(C)ccc3C)C23CC(Br)[C@@H]1O3. The number of carbonyl (C=O) groups excluding carboxylic acids is 3. The van der Waals surface area contributed by atoms with Gasteiger partial charge in [-0.25, -0.2) is 0 Å². The summed E-state index contributed by atoms with van der Waals surface area (Å²) < 4.78 is 6.76. The summed E-state index contributed by atoms with van der Waals surface area (Å²) >= 11 is 3.77. The molecule has 3 aliphatic heterocycles. The van der Waals surface area contributed by atoms with Gasteiger partial charge in [0.2, 0.25) is 11.8 Å². The standard InChI is InChI=1S/C33H46BrN3O5/c1-8-14-35(15-9-2)30(39)26-27-31(40)37(25(19-38)21(6)11-4)29(33(27)18-23(34)28(26)42-33)32(41)36(16-10-3)24-17-20(5)12-13-22(24)7/h8,10,12-13,17,21,23,25-29,38H,1,3,9,11,14-16,18-19H2,2,4-7H3/t21-,23?,25-,26-,27-,28-,29?,33?/m0/s1. The summed E-state index contributed by atoms with van der Waals surface area (Å²) in [6.07, 6.45) is 4.71. The Hall–Kier alpha value is -2.49. The molecular weight excluding hydrogens is 598 g/mol. The van der Waals surface area contributed by atoms with E-state index in [0.29, 0.717) is 25.9 Å². The number of aliphatic hydroxyl groups excluding tert-OH is 1. The predicted octanol–water partition coefficient (Wildman–Crippen LogP) is 4.40. The summed E-state index contributed by atoms with van der Waals surface area (Å²) in [5, 5.41) is 10.7. The molecule has 1 N–H and O–H groups in total. The topological polar surface area (TPSA) is 90.4 Å². The Labute approximate surface area is 258 Å². The Bertz CT molecular complexity index is 1220. The second-order valence-electron chi connectivity index (χ2n) is 12.1. The van der Waals surface area contributed by atoms with Crippen molar-refractivity contribution in [2.75, 3.05) is 31.1 Å². The van der Waals surface area contributed by atoms with Crippen LogP contribution in [0.5, 0.6) is 0 Å². The number of amides is 3. The smallest absolute Gasteiger partial charge is 0.253 e. The molecule has 230 valence electrons. The van der Waals surface area contributed by atoms with E-state index in [9.17, 15) is 19.5 Å². The fourth-order valence-corrected chi connectivity index (χ4v) is 8.27. The second kappa shape index (κ2) is 13.0. The molecule has 8 atom stereocenters. The fourth-order valence-electron chi connectivity index (χ4n) is 7.32. The zero-order valence-corrected chi connectivity index (χ0v) is 27.2. The van der Waals surface area contributed by atoms with Gasteiger partial charge in [-0.15, -0.1) is 13.2 Å². The number of ether oxygens (including phenoxy) is 1. The molecule has 1 aromatic rings. The molecule has 0 aromatic heterocycles. The first-order chi connectivity index (χ1) is 20.0. The van der Waals surface area contributed by atoms with Crippen LogP contribution in [0.1, 0.15) is 51.2 Å². The first-order valence-electron chi connectivity index (χ1n) is 15.2. The van der Waals surface area contributed by atoms with Gasteiger partial charge in [0.05, 0.1) is 30.6 Å². The van der Waals surface area contributed by atoms with Crippen molar-refractivity contribution in [1.29, 1.82) is 0 Å². The molecule has 8 nitrogen and oxygen atoms in total. The minimum absolute atomic E-state index is 0.0819. The quantitative estimate of drug-likeness (QED) is 0.254. The Kier molecular flexibility index (Phi) is 10.1. The highest BCUT2D eigenvalue weighted by atomic mass is 79.9. The molecule has 4 rings (SSSR count). The maximum absolute atomic E-state index is 14.9. The summed E-state index contributed by atoms with van der Waals surface area (Å²) in [4.78, 5) is 48.5. The molecule has 3 fully saturated rings. The van der Waals surface area contributed by atoms with E-state index in [1.807, 2.05) is 52.8 Å². The van der Waals surface area contributed by atoms with Crippen molar-refractivity contribution in [3.05, 3.63) is 54.6 Å². The van der Waals surface area contributed by atoms with Crippen LogP contribution < -0.4 is 4.90 Å². The Morgan fingerprint density at radius 2 is 1.90 bits per heavy atom. The molecule has 0 radical (unpaired) electrons. The highest BCUT2D eigenvalue weighted by Gasteiger charge is 2.77. The monoisotopic (exact) mass is 643 g/mol. The Morgan fingerprint density at radius 1 is 1.21 bits per heavy atom. The zero-order valence-electron chi connectivity index (χ0n) is 25.6. The number of nitrogens with zero attached hydrogens (tertiary/aromatic N) is 3. The molecule has 1 aromatic carbocycles. The molecule has 3 saturated heterocycles. The molecular formula is C33H46BrN3O5. The maximum atomic E-state index is 14.9. The minimum Gasteiger partial charge on any atom is -0.394 e. The highest BCUT2D eigenvalue weighted by molar-refractivity contribution is 9.09. The van der Waals surface area contributed by atoms with Crippen molar-refractivity contribution >= 4 is 39.3 Å². The van der Waals surface area contributed by atoms with Crippen LogP contribution in [0.4, 0.5) is 5.69 Å². The number of hydrogen-bond acceptors (Lipinski definition) is 5. The number of anilines is 1. The first kappa shape index (κ1) is 32.4. The van der Waals surface area contributed by atoms with Gasteiger partial charge in [0, 0.05) is 30.1 Å². The van der Waals surface area contributed by atoms with E-state index in [-0.39, 0.29) is 41.6 Å². The molecule has 3 amide bonds. The molecule has 0 aliphatic carbocycles. The first-order valence-corrected chi connectivity index (χ1v) is 16.1. The van der Waals surface area contributed by atoms with Crippen LogP contribution in [0.3, 0.4) is 0 Å². The number of carbonyl (C=O) groups is 3. The fraction of sp³-hybridized carbons (Fsp3) is 0.606. The van der Waals surface area contributed by atoms with Crippen molar-refractivity contribution in [2.45, 2.75) is 82.5 Å². The largest absolute Gasteiger partial charge is 0.394 e. The third kappa shape index (κ3) is 5.26. The van der Waals surface area contributed by atoms with Crippen LogP contribution >= 0.6 is 15.9 Å². The molecule has 0 saturated carbocycles. The number of hydrogen-bond donors (Lipinski definition) is 1. The minimum atomic E-state index is -1.21. The van der Waals surface area contributed by atoms with Gasteiger partial charge >= 0.3 is 0 Å². The van der Waals surface area contributed by atoms with Gasteiger partial charge in [0.15, 0.2) is 0 Å². The number of likely N-dealkylation sites (tertiary alicyclic amines) is 1. The van der Waals surface area contributed by atoms with Gasteiger partial charge in [0.25, 0.3) is 5.91 Å². The predicted molar refractivity (Wildman–Crippen MR) is 168 cm³/mol. The van der Waals surface area contributed by atoms with Gasteiger partial charge < -0.3 is 24.5 Å². The molecule has 1 spiro atoms. The van der Waals surface area contributed by atoms with Crippen molar-refractivity contribution in [2.24, 2.45) is 17.8 Å². The van der Waals surface area contributed by atoms with Crippen molar-refractivity contribution in [3.63, 3.8) is 0 Å². The van der Waals surface area contributed by atoms with Crippen LogP contribution in [0.15, 0.2) is 43.5 Å². The number of rotatable bonds is 13. The lowest BCUT2D eigenvalue weighted by atomic mass is 9.70. The van der Waals surface area contributed by atoms with Crippen LogP contribution in [0.2, 0.25) is 0 Å². The molecule has 42 heavy (non-hydrogen) atoms. The Morgan fingerprint density at radius 3 is 2.50 bits per heavy atom. The lowest BCUT2D eigenvalue weighted by Crippen LogP contribution is -2.60. The van der Waals surface area contributed by atoms with Crippen molar-refractivity contribution < 1.29 is 24.2 Å². The van der Waals surface area contributed by atoms with Gasteiger partial charge in [-0.05, 0) is 49.8 Å². The van der Waals surface area contributed by atoms with E-state index in [1.165, 1.54) is 0 Å². The van der Waals surface area contributed by atoms with Crippen molar-refractivity contribution in [1.82, 2.24) is 9.80 Å². The van der Waals surface area contributed by atoms with Gasteiger partial charge in [-0.3, -0.25) is 14.4 Å². The van der Waals surface area contributed by atoms with Gasteiger partial charge in [-0.1, -0.05) is 67.4 Å². The van der Waals surface area contributed by atoms with E-state index in [1.54, 1.807) is 26.9 Å². The lowest BCUT2D eigenvalue weighted by molar-refractivity contribution is -0.148. The van der Waals surface area contributed by atoms with Crippen LogP contribution in [0.25, 0.3) is 0 Å². The van der Waals surface area contributed by atoms with E-state index >= 15 is 0 Å². The lowest BCUT2D eigenvalue weighted by Gasteiger charge is -2.41. The molecule has 2 bridgehead atoms. The summed E-state index contributed by atoms with van der Waals surface area (Å²) in [7, 11) is 0. The van der Waals surface area contributed by atoms with E-state index in [2.05, 4.69) is 29.1 Å². The number of aryl methyl sites for hydroxylation is 2. The van der Waals surface area contributed by atoms with Crippen LogP contribution in [-0.4, -0.2) is 87.5 Å². The average Bonchev–Trinajstić information content (AvgIpc) is 3.56. The molecule has 3 unspecified atom stereocenters. The van der Waals surface area contributed by atoms with E-state index < -0.39 is 35.6 Å². The maximum Gasteiger partial charge on any atom is 0.253 e. The number of aliphatic hydroxyl groups is 1. The molecule has 3 heterocycles. The third-order valence-electron chi connectivity index (χ3n) is 9.48. The summed E-state index contributed by atoms with van der Waals surface area (Å²) in [6.45, 7) is 18.5. The number of fused-ring (bicyclic) bond motifs is 1. The highest BCUT2D eigenvalue weighted by Crippen LogP contribution is 2.61. The number of benzene rings is 1. The number of alkyl halides is 1. The van der Waals surface area contributed by atoms with Gasteiger partial charge in [0.1, 0.15) is 11.6 Å². The van der Waals surface area contributed by atoms with Gasteiger partial charge in [-0.2, -0.15) is 0 Å². The Balaban J connectivity index is 1.89. The number of halogens is 1. The third-order valence-corrected chi connectivity index (χ3v) is 10.3. The van der Waals surface area contributed by atoms with Crippen LogP contribution in [-0.2, 0) is 19.1 Å². The average molecular weight is 645 g/mol.